The number of hydrogen-bond donors (Lipinski definition) is 2. The van der Waals surface area contributed by atoms with Crippen LogP contribution in [0.2, 0.25) is 0 Å². The molecule has 1 aromatic heterocycles. The molecule has 25 heavy (non-hydrogen) atoms. The van der Waals surface area contributed by atoms with Crippen LogP contribution in [0, 0.1) is 0 Å². The molecule has 2 rings (SSSR count). The van der Waals surface area contributed by atoms with Crippen LogP contribution in [0.5, 0.6) is 0 Å². The number of benzene rings is 1. The Hall–Kier alpha value is -2.63. The van der Waals surface area contributed by atoms with Gasteiger partial charge in [0.05, 0.1) is 11.9 Å². The Labute approximate surface area is 147 Å². The molecule has 1 aromatic carbocycles. The highest BCUT2D eigenvalue weighted by molar-refractivity contribution is 5.90. The SMILES string of the molecule is CC(C)c1ccc(CCC(=O)Nc2cnn(C(C)(C)C(=O)O)c2)cc1. The molecule has 0 saturated heterocycles. The minimum absolute atomic E-state index is 0.124. The zero-order valence-corrected chi connectivity index (χ0v) is 15.1. The molecule has 6 nitrogen and oxygen atoms in total. The maximum atomic E-state index is 12.1. The maximum Gasteiger partial charge on any atom is 0.331 e. The molecule has 0 bridgehead atoms. The number of aryl methyl sites for hydroxylation is 1. The van der Waals surface area contributed by atoms with Gasteiger partial charge in [-0.2, -0.15) is 5.10 Å². The van der Waals surface area contributed by atoms with E-state index in [9.17, 15) is 14.7 Å². The smallest absolute Gasteiger partial charge is 0.331 e. The van der Waals surface area contributed by atoms with Crippen molar-refractivity contribution in [1.29, 1.82) is 0 Å². The first-order valence-corrected chi connectivity index (χ1v) is 8.37. The van der Waals surface area contributed by atoms with E-state index in [2.05, 4.69) is 48.5 Å². The minimum Gasteiger partial charge on any atom is -0.479 e. The zero-order valence-electron chi connectivity index (χ0n) is 15.1. The van der Waals surface area contributed by atoms with Crippen molar-refractivity contribution in [2.75, 3.05) is 5.32 Å². The summed E-state index contributed by atoms with van der Waals surface area (Å²) < 4.78 is 1.33. The van der Waals surface area contributed by atoms with E-state index >= 15 is 0 Å². The van der Waals surface area contributed by atoms with Crippen LogP contribution in [0.4, 0.5) is 5.69 Å². The number of hydrogen-bond acceptors (Lipinski definition) is 3. The lowest BCUT2D eigenvalue weighted by Gasteiger charge is -2.19. The zero-order chi connectivity index (χ0) is 18.6. The molecule has 0 atom stereocenters. The number of aromatic nitrogens is 2. The Bertz CT molecular complexity index is 746. The first-order valence-electron chi connectivity index (χ1n) is 8.37. The fraction of sp³-hybridized carbons (Fsp3) is 0.421. The summed E-state index contributed by atoms with van der Waals surface area (Å²) in [5.74, 6) is -0.622. The molecule has 0 aliphatic rings. The number of anilines is 1. The van der Waals surface area contributed by atoms with Gasteiger partial charge in [-0.1, -0.05) is 38.1 Å². The molecule has 0 fully saturated rings. The molecule has 2 N–H and O–H groups in total. The number of carboxylic acid groups (broad SMARTS) is 1. The first kappa shape index (κ1) is 18.7. The van der Waals surface area contributed by atoms with Crippen LogP contribution in [-0.2, 0) is 21.5 Å². The lowest BCUT2D eigenvalue weighted by Crippen LogP contribution is -2.35. The van der Waals surface area contributed by atoms with Crippen LogP contribution in [0.15, 0.2) is 36.7 Å². The van der Waals surface area contributed by atoms with Gasteiger partial charge in [0.2, 0.25) is 5.91 Å². The average molecular weight is 343 g/mol. The molecule has 6 heteroatoms. The summed E-state index contributed by atoms with van der Waals surface area (Å²) in [7, 11) is 0. The van der Waals surface area contributed by atoms with Crippen molar-refractivity contribution >= 4 is 17.6 Å². The number of aliphatic carboxylic acids is 1. The standard InChI is InChI=1S/C19H25N3O3/c1-13(2)15-8-5-14(6-9-15)7-10-17(23)21-16-11-20-22(12-16)19(3,4)18(24)25/h5-6,8-9,11-13H,7,10H2,1-4H3,(H,21,23)(H,24,25). The van der Waals surface area contributed by atoms with Gasteiger partial charge in [-0.3, -0.25) is 9.48 Å². The Morgan fingerprint density at radius 2 is 1.88 bits per heavy atom. The Morgan fingerprint density at radius 3 is 2.44 bits per heavy atom. The van der Waals surface area contributed by atoms with E-state index in [0.717, 1.165) is 5.56 Å². The molecule has 0 aliphatic carbocycles. The Morgan fingerprint density at radius 1 is 1.24 bits per heavy atom. The molecule has 1 amide bonds. The molecular formula is C19H25N3O3. The Kier molecular flexibility index (Phi) is 5.62. The molecule has 134 valence electrons. The predicted octanol–water partition coefficient (Wildman–Crippen LogP) is 3.40. The highest BCUT2D eigenvalue weighted by Crippen LogP contribution is 2.18. The van der Waals surface area contributed by atoms with Gasteiger partial charge in [-0.25, -0.2) is 4.79 Å². The summed E-state index contributed by atoms with van der Waals surface area (Å²) in [5, 5.41) is 16.0. The second-order valence-electron chi connectivity index (χ2n) is 6.98. The predicted molar refractivity (Wildman–Crippen MR) is 96.7 cm³/mol. The molecule has 0 radical (unpaired) electrons. The van der Waals surface area contributed by atoms with Crippen molar-refractivity contribution in [3.8, 4) is 0 Å². The van der Waals surface area contributed by atoms with Crippen LogP contribution in [0.1, 0.15) is 51.2 Å². The van der Waals surface area contributed by atoms with Gasteiger partial charge in [-0.15, -0.1) is 0 Å². The average Bonchev–Trinajstić information content (AvgIpc) is 3.02. The van der Waals surface area contributed by atoms with Crippen molar-refractivity contribution < 1.29 is 14.7 Å². The second kappa shape index (κ2) is 7.51. The van der Waals surface area contributed by atoms with E-state index in [1.807, 2.05) is 0 Å². The van der Waals surface area contributed by atoms with Gasteiger partial charge >= 0.3 is 5.97 Å². The van der Waals surface area contributed by atoms with E-state index < -0.39 is 11.5 Å². The van der Waals surface area contributed by atoms with Crippen LogP contribution in [-0.4, -0.2) is 26.8 Å². The van der Waals surface area contributed by atoms with Crippen molar-refractivity contribution in [1.82, 2.24) is 9.78 Å². The third-order valence-electron chi connectivity index (χ3n) is 4.25. The van der Waals surface area contributed by atoms with Crippen molar-refractivity contribution in [3.63, 3.8) is 0 Å². The molecule has 2 aromatic rings. The van der Waals surface area contributed by atoms with Crippen LogP contribution >= 0.6 is 0 Å². The topological polar surface area (TPSA) is 84.2 Å². The lowest BCUT2D eigenvalue weighted by atomic mass is 10.0. The van der Waals surface area contributed by atoms with E-state index in [1.165, 1.54) is 22.6 Å². The van der Waals surface area contributed by atoms with Gasteiger partial charge < -0.3 is 10.4 Å². The number of amides is 1. The van der Waals surface area contributed by atoms with E-state index in [1.54, 1.807) is 13.8 Å². The van der Waals surface area contributed by atoms with Crippen LogP contribution in [0.25, 0.3) is 0 Å². The summed E-state index contributed by atoms with van der Waals surface area (Å²) >= 11 is 0. The summed E-state index contributed by atoms with van der Waals surface area (Å²) in [6.07, 6.45) is 4.00. The number of rotatable bonds is 7. The Balaban J connectivity index is 1.90. The fourth-order valence-electron chi connectivity index (χ4n) is 2.34. The fourth-order valence-corrected chi connectivity index (χ4v) is 2.34. The minimum atomic E-state index is -1.17. The number of nitrogens with zero attached hydrogens (tertiary/aromatic N) is 2. The highest BCUT2D eigenvalue weighted by Gasteiger charge is 2.30. The van der Waals surface area contributed by atoms with Crippen molar-refractivity contribution in [2.45, 2.75) is 52.0 Å². The quantitative estimate of drug-likeness (QED) is 0.807. The highest BCUT2D eigenvalue weighted by atomic mass is 16.4. The molecule has 0 spiro atoms. The molecule has 1 heterocycles. The number of carbonyl (C=O) groups excluding carboxylic acids is 1. The summed E-state index contributed by atoms with van der Waals surface area (Å²) in [6, 6.07) is 8.29. The largest absolute Gasteiger partial charge is 0.479 e. The summed E-state index contributed by atoms with van der Waals surface area (Å²) in [4.78, 5) is 23.3. The van der Waals surface area contributed by atoms with E-state index in [0.29, 0.717) is 24.4 Å². The summed E-state index contributed by atoms with van der Waals surface area (Å²) in [6.45, 7) is 7.39. The number of nitrogens with one attached hydrogen (secondary N) is 1. The van der Waals surface area contributed by atoms with Crippen LogP contribution in [0.3, 0.4) is 0 Å². The molecule has 0 aliphatic heterocycles. The van der Waals surface area contributed by atoms with Crippen molar-refractivity contribution in [2.24, 2.45) is 0 Å². The molecular weight excluding hydrogens is 318 g/mol. The second-order valence-corrected chi connectivity index (χ2v) is 6.98. The van der Waals surface area contributed by atoms with Gasteiger partial charge in [-0.05, 0) is 37.3 Å². The lowest BCUT2D eigenvalue weighted by molar-refractivity contribution is -0.146. The third kappa shape index (κ3) is 4.68. The summed E-state index contributed by atoms with van der Waals surface area (Å²) in [5.41, 5.74) is 1.72. The molecule has 0 unspecified atom stereocenters. The van der Waals surface area contributed by atoms with Crippen molar-refractivity contribution in [3.05, 3.63) is 47.8 Å². The van der Waals surface area contributed by atoms with Gasteiger partial charge in [0.25, 0.3) is 0 Å². The van der Waals surface area contributed by atoms with E-state index in [-0.39, 0.29) is 5.91 Å². The van der Waals surface area contributed by atoms with Gasteiger partial charge in [0.1, 0.15) is 0 Å². The van der Waals surface area contributed by atoms with Crippen LogP contribution < -0.4 is 5.32 Å². The first-order chi connectivity index (χ1) is 11.7. The maximum absolute atomic E-state index is 12.1. The number of carbonyl (C=O) groups is 2. The third-order valence-corrected chi connectivity index (χ3v) is 4.25. The van der Waals surface area contributed by atoms with Gasteiger partial charge in [0.15, 0.2) is 5.54 Å². The van der Waals surface area contributed by atoms with Gasteiger partial charge in [0, 0.05) is 12.6 Å². The number of carboxylic acids is 1. The molecule has 0 saturated carbocycles. The normalized spacial score (nSPS) is 11.6. The van der Waals surface area contributed by atoms with E-state index in [4.69, 9.17) is 0 Å². The monoisotopic (exact) mass is 343 g/mol.